The van der Waals surface area contributed by atoms with Crippen LogP contribution in [0.2, 0.25) is 0 Å². The highest BCUT2D eigenvalue weighted by atomic mass is 16.5. The van der Waals surface area contributed by atoms with Crippen LogP contribution in [0.5, 0.6) is 0 Å². The molecule has 0 saturated carbocycles. The molecule has 1 atom stereocenters. The van der Waals surface area contributed by atoms with Gasteiger partial charge in [0.05, 0.1) is 24.8 Å². The molecule has 9 nitrogen and oxygen atoms in total. The maximum absolute atomic E-state index is 12.7. The van der Waals surface area contributed by atoms with Gasteiger partial charge in [0.25, 0.3) is 0 Å². The molecule has 0 bridgehead atoms. The van der Waals surface area contributed by atoms with Gasteiger partial charge < -0.3 is 14.7 Å². The summed E-state index contributed by atoms with van der Waals surface area (Å²) in [6, 6.07) is 5.56. The van der Waals surface area contributed by atoms with E-state index in [4.69, 9.17) is 4.52 Å². The van der Waals surface area contributed by atoms with Crippen LogP contribution < -0.4 is 5.32 Å². The molecule has 2 fully saturated rings. The van der Waals surface area contributed by atoms with Crippen LogP contribution in [0, 0.1) is 18.3 Å². The standard InChI is InChI=1S/C23H32N6O3/c1-16(2)22(31)28-10-7-23(8-11-28)12-19(21-26-17(3)27-32-21)29(15-23)14-20(30)25-13-18-6-4-5-9-24-18/h4-6,9,16,19H,7-8,10-15H2,1-3H3,(H,25,30). The lowest BCUT2D eigenvalue weighted by molar-refractivity contribution is -0.136. The second-order valence-corrected chi connectivity index (χ2v) is 9.38. The molecule has 1 N–H and O–H groups in total. The zero-order chi connectivity index (χ0) is 22.7. The van der Waals surface area contributed by atoms with Crippen molar-refractivity contribution in [2.75, 3.05) is 26.2 Å². The van der Waals surface area contributed by atoms with Crippen LogP contribution in [-0.2, 0) is 16.1 Å². The SMILES string of the molecule is Cc1noc(C2CC3(CCN(C(=O)C(C)C)CC3)CN2CC(=O)NCc2ccccn2)n1. The number of carbonyl (C=O) groups excluding carboxylic acids is 2. The summed E-state index contributed by atoms with van der Waals surface area (Å²) in [5.74, 6) is 1.34. The Labute approximate surface area is 188 Å². The number of aromatic nitrogens is 3. The summed E-state index contributed by atoms with van der Waals surface area (Å²) >= 11 is 0. The van der Waals surface area contributed by atoms with Gasteiger partial charge in [0.15, 0.2) is 5.82 Å². The molecule has 4 heterocycles. The number of nitrogens with zero attached hydrogens (tertiary/aromatic N) is 5. The van der Waals surface area contributed by atoms with Crippen molar-refractivity contribution in [2.45, 2.75) is 52.6 Å². The summed E-state index contributed by atoms with van der Waals surface area (Å²) in [4.78, 5) is 38.0. The smallest absolute Gasteiger partial charge is 0.244 e. The summed E-state index contributed by atoms with van der Waals surface area (Å²) in [6.07, 6.45) is 4.41. The molecule has 172 valence electrons. The van der Waals surface area contributed by atoms with Gasteiger partial charge >= 0.3 is 0 Å². The number of piperidine rings is 1. The number of hydrogen-bond donors (Lipinski definition) is 1. The van der Waals surface area contributed by atoms with Crippen LogP contribution in [0.1, 0.15) is 56.6 Å². The Morgan fingerprint density at radius 3 is 2.69 bits per heavy atom. The van der Waals surface area contributed by atoms with Crippen molar-refractivity contribution in [1.82, 2.24) is 30.2 Å². The number of rotatable bonds is 6. The molecule has 1 spiro atoms. The number of likely N-dealkylation sites (tertiary alicyclic amines) is 2. The zero-order valence-corrected chi connectivity index (χ0v) is 19.1. The minimum atomic E-state index is -0.0934. The fourth-order valence-corrected chi connectivity index (χ4v) is 4.86. The van der Waals surface area contributed by atoms with Crippen LogP contribution in [0.4, 0.5) is 0 Å². The normalized spacial score (nSPS) is 20.8. The van der Waals surface area contributed by atoms with Gasteiger partial charge in [-0.15, -0.1) is 0 Å². The fourth-order valence-electron chi connectivity index (χ4n) is 4.86. The summed E-state index contributed by atoms with van der Waals surface area (Å²) in [6.45, 7) is 8.64. The molecule has 2 amide bonds. The molecule has 2 aliphatic heterocycles. The number of hydrogen-bond acceptors (Lipinski definition) is 7. The fraction of sp³-hybridized carbons (Fsp3) is 0.609. The lowest BCUT2D eigenvalue weighted by Gasteiger charge is -2.40. The van der Waals surface area contributed by atoms with Gasteiger partial charge in [-0.05, 0) is 43.7 Å². The Balaban J connectivity index is 1.43. The van der Waals surface area contributed by atoms with E-state index >= 15 is 0 Å². The molecular formula is C23H32N6O3. The Morgan fingerprint density at radius 2 is 2.06 bits per heavy atom. The van der Waals surface area contributed by atoms with Crippen molar-refractivity contribution in [2.24, 2.45) is 11.3 Å². The average Bonchev–Trinajstić information content (AvgIpc) is 3.36. The van der Waals surface area contributed by atoms with Crippen molar-refractivity contribution < 1.29 is 14.1 Å². The van der Waals surface area contributed by atoms with E-state index in [9.17, 15) is 9.59 Å². The zero-order valence-electron chi connectivity index (χ0n) is 19.1. The third-order valence-electron chi connectivity index (χ3n) is 6.60. The van der Waals surface area contributed by atoms with Crippen LogP contribution >= 0.6 is 0 Å². The van der Waals surface area contributed by atoms with Gasteiger partial charge in [-0.1, -0.05) is 25.1 Å². The topological polar surface area (TPSA) is 104 Å². The van der Waals surface area contributed by atoms with Crippen LogP contribution in [0.3, 0.4) is 0 Å². The van der Waals surface area contributed by atoms with E-state index < -0.39 is 0 Å². The van der Waals surface area contributed by atoms with E-state index in [0.29, 0.717) is 18.3 Å². The predicted octanol–water partition coefficient (Wildman–Crippen LogP) is 2.10. The quantitative estimate of drug-likeness (QED) is 0.733. The van der Waals surface area contributed by atoms with E-state index in [1.165, 1.54) is 0 Å². The number of aryl methyl sites for hydroxylation is 1. The second kappa shape index (κ2) is 9.36. The lowest BCUT2D eigenvalue weighted by Crippen LogP contribution is -2.46. The molecule has 2 aromatic heterocycles. The molecule has 9 heteroatoms. The van der Waals surface area contributed by atoms with Crippen molar-refractivity contribution in [3.05, 3.63) is 41.8 Å². The first-order valence-electron chi connectivity index (χ1n) is 11.3. The van der Waals surface area contributed by atoms with Gasteiger partial charge in [-0.2, -0.15) is 4.98 Å². The second-order valence-electron chi connectivity index (χ2n) is 9.38. The first-order chi connectivity index (χ1) is 15.3. The minimum Gasteiger partial charge on any atom is -0.349 e. The molecule has 0 aliphatic carbocycles. The van der Waals surface area contributed by atoms with Crippen LogP contribution in [-0.4, -0.2) is 62.9 Å². The number of amides is 2. The molecule has 1 unspecified atom stereocenters. The van der Waals surface area contributed by atoms with E-state index in [1.807, 2.05) is 36.9 Å². The third-order valence-corrected chi connectivity index (χ3v) is 6.60. The molecule has 32 heavy (non-hydrogen) atoms. The summed E-state index contributed by atoms with van der Waals surface area (Å²) < 4.78 is 5.51. The van der Waals surface area contributed by atoms with E-state index in [1.54, 1.807) is 13.1 Å². The Hall–Kier alpha value is -2.81. The molecule has 0 radical (unpaired) electrons. The van der Waals surface area contributed by atoms with Crippen LogP contribution in [0.15, 0.2) is 28.9 Å². The van der Waals surface area contributed by atoms with Crippen molar-refractivity contribution in [3.63, 3.8) is 0 Å². The van der Waals surface area contributed by atoms with E-state index in [-0.39, 0.29) is 35.7 Å². The Kier molecular flexibility index (Phi) is 6.55. The van der Waals surface area contributed by atoms with Gasteiger partial charge in [0.2, 0.25) is 17.7 Å². The van der Waals surface area contributed by atoms with Gasteiger partial charge in [0.1, 0.15) is 0 Å². The summed E-state index contributed by atoms with van der Waals surface area (Å²) in [5.41, 5.74) is 0.868. The molecule has 4 rings (SSSR count). The highest BCUT2D eigenvalue weighted by Crippen LogP contribution is 2.48. The average molecular weight is 441 g/mol. The van der Waals surface area contributed by atoms with E-state index in [0.717, 1.165) is 44.6 Å². The lowest BCUT2D eigenvalue weighted by atomic mass is 9.76. The number of nitrogens with one attached hydrogen (secondary N) is 1. The van der Waals surface area contributed by atoms with E-state index in [2.05, 4.69) is 25.3 Å². The maximum atomic E-state index is 12.7. The monoisotopic (exact) mass is 440 g/mol. The summed E-state index contributed by atoms with van der Waals surface area (Å²) in [5, 5.41) is 6.93. The van der Waals surface area contributed by atoms with Crippen LogP contribution in [0.25, 0.3) is 0 Å². The third kappa shape index (κ3) is 4.98. The molecule has 2 aromatic rings. The first kappa shape index (κ1) is 22.4. The van der Waals surface area contributed by atoms with Gasteiger partial charge in [-0.3, -0.25) is 19.5 Å². The van der Waals surface area contributed by atoms with Gasteiger partial charge in [0, 0.05) is 31.7 Å². The minimum absolute atomic E-state index is 0.0149. The van der Waals surface area contributed by atoms with Crippen molar-refractivity contribution in [1.29, 1.82) is 0 Å². The number of pyridine rings is 1. The van der Waals surface area contributed by atoms with Gasteiger partial charge in [-0.25, -0.2) is 0 Å². The molecular weight excluding hydrogens is 408 g/mol. The summed E-state index contributed by atoms with van der Waals surface area (Å²) in [7, 11) is 0. The molecule has 0 aromatic carbocycles. The largest absolute Gasteiger partial charge is 0.349 e. The Morgan fingerprint density at radius 1 is 1.28 bits per heavy atom. The predicted molar refractivity (Wildman–Crippen MR) is 117 cm³/mol. The maximum Gasteiger partial charge on any atom is 0.244 e. The van der Waals surface area contributed by atoms with Crippen molar-refractivity contribution >= 4 is 11.8 Å². The highest BCUT2D eigenvalue weighted by molar-refractivity contribution is 5.78. The molecule has 2 saturated heterocycles. The molecule has 2 aliphatic rings. The highest BCUT2D eigenvalue weighted by Gasteiger charge is 2.48. The first-order valence-corrected chi connectivity index (χ1v) is 11.3. The number of carbonyl (C=O) groups is 2. The van der Waals surface area contributed by atoms with Crippen molar-refractivity contribution in [3.8, 4) is 0 Å². The Bertz CT molecular complexity index is 936.